The van der Waals surface area contributed by atoms with E-state index in [4.69, 9.17) is 4.52 Å². The van der Waals surface area contributed by atoms with E-state index in [0.717, 1.165) is 17.1 Å². The summed E-state index contributed by atoms with van der Waals surface area (Å²) in [5, 5.41) is 9.63. The van der Waals surface area contributed by atoms with Gasteiger partial charge in [0, 0.05) is 30.2 Å². The van der Waals surface area contributed by atoms with Crippen LogP contribution in [-0.2, 0) is 4.79 Å². The summed E-state index contributed by atoms with van der Waals surface area (Å²) in [7, 11) is 0. The molecule has 0 spiro atoms. The quantitative estimate of drug-likeness (QED) is 0.721. The van der Waals surface area contributed by atoms with Gasteiger partial charge in [-0.2, -0.15) is 0 Å². The zero-order valence-corrected chi connectivity index (χ0v) is 14.5. The molecule has 0 aliphatic heterocycles. The molecule has 0 bridgehead atoms. The molecule has 130 valence electrons. The lowest BCUT2D eigenvalue weighted by atomic mass is 10.1. The molecule has 1 aromatic carbocycles. The van der Waals surface area contributed by atoms with E-state index in [1.165, 1.54) is 0 Å². The highest BCUT2D eigenvalue weighted by molar-refractivity contribution is 5.91. The number of nitrogens with zero attached hydrogens (tertiary/aromatic N) is 3. The molecule has 0 radical (unpaired) electrons. The first kappa shape index (κ1) is 16.9. The summed E-state index contributed by atoms with van der Waals surface area (Å²) in [5.74, 6) is 1.87. The van der Waals surface area contributed by atoms with Gasteiger partial charge in [-0.05, 0) is 38.5 Å². The number of amides is 1. The molecular weight excluding hydrogens is 318 g/mol. The third-order valence-electron chi connectivity index (χ3n) is 3.96. The summed E-state index contributed by atoms with van der Waals surface area (Å²) >= 11 is 0. The largest absolute Gasteiger partial charge is 0.360 e. The van der Waals surface area contributed by atoms with Crippen molar-refractivity contribution in [3.05, 3.63) is 59.9 Å². The Kier molecular flexibility index (Phi) is 4.95. The number of hydrogen-bond donors (Lipinski definition) is 2. The monoisotopic (exact) mass is 339 g/mol. The lowest BCUT2D eigenvalue weighted by Gasteiger charge is -2.15. The molecule has 0 saturated carbocycles. The van der Waals surface area contributed by atoms with Crippen molar-refractivity contribution in [3.8, 4) is 5.69 Å². The van der Waals surface area contributed by atoms with Gasteiger partial charge in [0.1, 0.15) is 11.6 Å². The summed E-state index contributed by atoms with van der Waals surface area (Å²) in [6, 6.07) is 9.90. The van der Waals surface area contributed by atoms with Crippen LogP contribution in [0.25, 0.3) is 5.69 Å². The van der Waals surface area contributed by atoms with Crippen LogP contribution in [0.15, 0.2) is 47.2 Å². The number of carbonyl (C=O) groups is 1. The van der Waals surface area contributed by atoms with Crippen molar-refractivity contribution < 1.29 is 9.32 Å². The molecule has 0 saturated heterocycles. The second kappa shape index (κ2) is 7.31. The van der Waals surface area contributed by atoms with Gasteiger partial charge in [0.05, 0.1) is 6.54 Å². The molecule has 2 heterocycles. The van der Waals surface area contributed by atoms with Gasteiger partial charge in [0.2, 0.25) is 5.91 Å². The van der Waals surface area contributed by atoms with Crippen molar-refractivity contribution in [2.45, 2.75) is 26.8 Å². The highest BCUT2D eigenvalue weighted by Crippen LogP contribution is 2.16. The molecule has 2 N–H and O–H groups in total. The Labute approximate surface area is 146 Å². The number of anilines is 1. The Morgan fingerprint density at radius 1 is 1.28 bits per heavy atom. The summed E-state index contributed by atoms with van der Waals surface area (Å²) < 4.78 is 6.94. The van der Waals surface area contributed by atoms with Crippen LogP contribution in [0, 0.1) is 13.8 Å². The van der Waals surface area contributed by atoms with Crippen molar-refractivity contribution in [1.82, 2.24) is 20.0 Å². The normalized spacial score (nSPS) is 12.1. The molecule has 0 aliphatic rings. The molecule has 0 fully saturated rings. The first-order valence-corrected chi connectivity index (χ1v) is 8.10. The Morgan fingerprint density at radius 2 is 2.04 bits per heavy atom. The van der Waals surface area contributed by atoms with E-state index in [0.29, 0.717) is 11.6 Å². The van der Waals surface area contributed by atoms with Crippen molar-refractivity contribution in [1.29, 1.82) is 0 Å². The molecule has 3 aromatic rings. The number of rotatable bonds is 6. The maximum absolute atomic E-state index is 11.9. The highest BCUT2D eigenvalue weighted by Gasteiger charge is 2.10. The minimum absolute atomic E-state index is 0.0442. The molecule has 7 heteroatoms. The molecule has 1 amide bonds. The molecule has 3 rings (SSSR count). The fraction of sp³-hybridized carbons (Fsp3) is 0.278. The van der Waals surface area contributed by atoms with Gasteiger partial charge in [-0.25, -0.2) is 4.98 Å². The van der Waals surface area contributed by atoms with Crippen molar-refractivity contribution in [2.24, 2.45) is 0 Å². The van der Waals surface area contributed by atoms with Crippen LogP contribution in [0.1, 0.15) is 30.1 Å². The average molecular weight is 339 g/mol. The van der Waals surface area contributed by atoms with Crippen LogP contribution >= 0.6 is 0 Å². The maximum Gasteiger partial charge on any atom is 0.239 e. The summed E-state index contributed by atoms with van der Waals surface area (Å²) in [4.78, 5) is 16.2. The van der Waals surface area contributed by atoms with Crippen molar-refractivity contribution in [3.63, 3.8) is 0 Å². The third-order valence-corrected chi connectivity index (χ3v) is 3.96. The predicted octanol–water partition coefficient (Wildman–Crippen LogP) is 2.77. The molecule has 0 unspecified atom stereocenters. The van der Waals surface area contributed by atoms with Crippen molar-refractivity contribution in [2.75, 3.05) is 11.9 Å². The summed E-state index contributed by atoms with van der Waals surface area (Å²) in [5.41, 5.74) is 2.16. The molecule has 1 atom stereocenters. The number of carbonyl (C=O) groups excluding carboxylic acids is 1. The first-order chi connectivity index (χ1) is 12.0. The fourth-order valence-corrected chi connectivity index (χ4v) is 2.55. The van der Waals surface area contributed by atoms with Gasteiger partial charge < -0.3 is 19.7 Å². The first-order valence-electron chi connectivity index (χ1n) is 8.10. The molecule has 2 aromatic heterocycles. The second-order valence-corrected chi connectivity index (χ2v) is 5.91. The van der Waals surface area contributed by atoms with E-state index in [1.54, 1.807) is 19.2 Å². The zero-order chi connectivity index (χ0) is 17.8. The van der Waals surface area contributed by atoms with E-state index in [1.807, 2.05) is 48.9 Å². The SMILES string of the molecule is Cc1cc(NC(=O)CN[C@@H](C)c2ccc(-n3ccnc3C)cc2)no1. The number of aromatic nitrogens is 3. The number of benzene rings is 1. The number of nitrogens with one attached hydrogen (secondary N) is 2. The number of aryl methyl sites for hydroxylation is 2. The van der Waals surface area contributed by atoms with Gasteiger partial charge in [-0.3, -0.25) is 4.79 Å². The topological polar surface area (TPSA) is 85.0 Å². The van der Waals surface area contributed by atoms with Gasteiger partial charge >= 0.3 is 0 Å². The zero-order valence-electron chi connectivity index (χ0n) is 14.5. The van der Waals surface area contributed by atoms with Crippen LogP contribution < -0.4 is 10.6 Å². The lowest BCUT2D eigenvalue weighted by molar-refractivity contribution is -0.115. The summed E-state index contributed by atoms with van der Waals surface area (Å²) in [6.07, 6.45) is 3.71. The third kappa shape index (κ3) is 4.13. The van der Waals surface area contributed by atoms with Gasteiger partial charge in [-0.15, -0.1) is 0 Å². The van der Waals surface area contributed by atoms with Crippen LogP contribution in [0.3, 0.4) is 0 Å². The van der Waals surface area contributed by atoms with Gasteiger partial charge in [-0.1, -0.05) is 17.3 Å². The Morgan fingerprint density at radius 3 is 2.64 bits per heavy atom. The van der Waals surface area contributed by atoms with Gasteiger partial charge in [0.25, 0.3) is 0 Å². The minimum atomic E-state index is -0.161. The standard InChI is InChI=1S/C18H21N5O2/c1-12-10-17(22-25-12)21-18(24)11-20-13(2)15-4-6-16(7-5-15)23-9-8-19-14(23)3/h4-10,13,20H,11H2,1-3H3,(H,21,22,24)/t13-/m0/s1. The molecule has 25 heavy (non-hydrogen) atoms. The Hall–Kier alpha value is -2.93. The van der Waals surface area contributed by atoms with E-state index in [2.05, 4.69) is 20.8 Å². The van der Waals surface area contributed by atoms with E-state index in [-0.39, 0.29) is 18.5 Å². The van der Waals surface area contributed by atoms with E-state index < -0.39 is 0 Å². The fourth-order valence-electron chi connectivity index (χ4n) is 2.55. The molecule has 0 aliphatic carbocycles. The van der Waals surface area contributed by atoms with Crippen molar-refractivity contribution >= 4 is 11.7 Å². The van der Waals surface area contributed by atoms with Crippen LogP contribution in [0.5, 0.6) is 0 Å². The highest BCUT2D eigenvalue weighted by atomic mass is 16.5. The predicted molar refractivity (Wildman–Crippen MR) is 94.6 cm³/mol. The number of imidazole rings is 1. The Bertz CT molecular complexity index is 850. The average Bonchev–Trinajstić information content (AvgIpc) is 3.21. The van der Waals surface area contributed by atoms with Crippen LogP contribution in [0.2, 0.25) is 0 Å². The maximum atomic E-state index is 11.9. The second-order valence-electron chi connectivity index (χ2n) is 5.91. The van der Waals surface area contributed by atoms with E-state index >= 15 is 0 Å². The molecular formula is C18H21N5O2. The van der Waals surface area contributed by atoms with Crippen LogP contribution in [0.4, 0.5) is 5.82 Å². The van der Waals surface area contributed by atoms with E-state index in [9.17, 15) is 4.79 Å². The molecule has 7 nitrogen and oxygen atoms in total. The summed E-state index contributed by atoms with van der Waals surface area (Å²) in [6.45, 7) is 5.95. The van der Waals surface area contributed by atoms with Crippen LogP contribution in [-0.4, -0.2) is 27.2 Å². The number of hydrogen-bond acceptors (Lipinski definition) is 5. The smallest absolute Gasteiger partial charge is 0.239 e. The Balaban J connectivity index is 1.55. The van der Waals surface area contributed by atoms with Gasteiger partial charge in [0.15, 0.2) is 5.82 Å². The minimum Gasteiger partial charge on any atom is -0.360 e. The lowest BCUT2D eigenvalue weighted by Crippen LogP contribution is -2.30.